The van der Waals surface area contributed by atoms with Crippen LogP contribution in [0.2, 0.25) is 0 Å². The molecule has 1 rings (SSSR count). The molecule has 0 unspecified atom stereocenters. The van der Waals surface area contributed by atoms with Gasteiger partial charge in [0.1, 0.15) is 11.6 Å². The Balaban J connectivity index is 3.03. The number of hydrogen-bond acceptors (Lipinski definition) is 1. The van der Waals surface area contributed by atoms with E-state index in [0.717, 1.165) is 0 Å². The number of aliphatic hydroxyl groups is 1. The second-order valence-electron chi connectivity index (χ2n) is 2.83. The highest BCUT2D eigenvalue weighted by Gasteiger charge is 2.01. The maximum absolute atomic E-state index is 13.2. The topological polar surface area (TPSA) is 20.2 Å². The molecule has 74 valence electrons. The summed E-state index contributed by atoms with van der Waals surface area (Å²) in [4.78, 5) is 0. The second kappa shape index (κ2) is 4.96. The van der Waals surface area contributed by atoms with Gasteiger partial charge in [0.15, 0.2) is 0 Å². The molecule has 1 aliphatic carbocycles. The van der Waals surface area contributed by atoms with E-state index < -0.39 is 0 Å². The van der Waals surface area contributed by atoms with Crippen molar-refractivity contribution in [3.63, 3.8) is 0 Å². The summed E-state index contributed by atoms with van der Waals surface area (Å²) in [7, 11) is 0. The predicted octanol–water partition coefficient (Wildman–Crippen LogP) is 4.08. The molecule has 0 aromatic carbocycles. The first kappa shape index (κ1) is 11.0. The van der Waals surface area contributed by atoms with Crippen LogP contribution in [0.15, 0.2) is 58.6 Å². The van der Waals surface area contributed by atoms with E-state index in [-0.39, 0.29) is 11.6 Å². The predicted molar refractivity (Wildman–Crippen MR) is 59.8 cm³/mol. The molecule has 3 heteroatoms. The Labute approximate surface area is 90.8 Å². The molecule has 0 saturated carbocycles. The van der Waals surface area contributed by atoms with Crippen molar-refractivity contribution in [1.82, 2.24) is 0 Å². The third-order valence-electron chi connectivity index (χ3n) is 1.60. The first-order valence-electron chi connectivity index (χ1n) is 4.09. The number of hydrogen-bond donors (Lipinski definition) is 1. The normalized spacial score (nSPS) is 31.9. The van der Waals surface area contributed by atoms with Gasteiger partial charge >= 0.3 is 0 Å². The minimum Gasteiger partial charge on any atom is -0.508 e. The Morgan fingerprint density at radius 1 is 1.43 bits per heavy atom. The summed E-state index contributed by atoms with van der Waals surface area (Å²) >= 11 is 3.08. The number of rotatable bonds is 0. The molecule has 1 N–H and O–H groups in total. The highest BCUT2D eigenvalue weighted by Crippen LogP contribution is 2.22. The maximum atomic E-state index is 13.2. The summed E-state index contributed by atoms with van der Waals surface area (Å²) in [6, 6.07) is 0. The summed E-state index contributed by atoms with van der Waals surface area (Å²) in [6.45, 7) is 3.65. The van der Waals surface area contributed by atoms with Crippen LogP contribution in [-0.2, 0) is 0 Å². The molecule has 0 fully saturated rings. The third-order valence-corrected chi connectivity index (χ3v) is 2.20. The quantitative estimate of drug-likeness (QED) is 0.693. The SMILES string of the molecule is C=C1/C=C(O)\C=C/C/C=C(F)\C(Br)=C/1. The number of allylic oxidation sites excluding steroid dienone is 8. The van der Waals surface area contributed by atoms with Crippen LogP contribution in [0, 0.1) is 0 Å². The van der Waals surface area contributed by atoms with Crippen LogP contribution in [0.4, 0.5) is 4.39 Å². The van der Waals surface area contributed by atoms with E-state index >= 15 is 0 Å². The molecule has 0 amide bonds. The lowest BCUT2D eigenvalue weighted by Crippen LogP contribution is -1.82. The largest absolute Gasteiger partial charge is 0.508 e. The van der Waals surface area contributed by atoms with E-state index in [4.69, 9.17) is 0 Å². The van der Waals surface area contributed by atoms with Gasteiger partial charge in [-0.05, 0) is 52.2 Å². The Hall–Kier alpha value is -1.09. The van der Waals surface area contributed by atoms with Crippen LogP contribution in [0.25, 0.3) is 0 Å². The molecule has 0 radical (unpaired) electrons. The summed E-state index contributed by atoms with van der Waals surface area (Å²) < 4.78 is 13.5. The van der Waals surface area contributed by atoms with E-state index in [0.29, 0.717) is 16.5 Å². The minimum absolute atomic E-state index is 0.113. The van der Waals surface area contributed by atoms with Crippen LogP contribution >= 0.6 is 15.9 Å². The van der Waals surface area contributed by atoms with Crippen LogP contribution in [-0.4, -0.2) is 5.11 Å². The number of halogens is 2. The van der Waals surface area contributed by atoms with E-state index in [1.165, 1.54) is 24.3 Å². The Bertz CT molecular complexity index is 361. The Morgan fingerprint density at radius 2 is 2.14 bits per heavy atom. The van der Waals surface area contributed by atoms with Crippen molar-refractivity contribution in [1.29, 1.82) is 0 Å². The Morgan fingerprint density at radius 3 is 2.86 bits per heavy atom. The summed E-state index contributed by atoms with van der Waals surface area (Å²) in [6.07, 6.45) is 8.03. The second-order valence-corrected chi connectivity index (χ2v) is 3.68. The lowest BCUT2D eigenvalue weighted by Gasteiger charge is -1.99. The lowest BCUT2D eigenvalue weighted by molar-refractivity contribution is 0.432. The van der Waals surface area contributed by atoms with Gasteiger partial charge in [-0.2, -0.15) is 0 Å². The Kier molecular flexibility index (Phi) is 3.89. The molecule has 0 atom stereocenters. The van der Waals surface area contributed by atoms with Gasteiger partial charge in [-0.1, -0.05) is 12.7 Å². The van der Waals surface area contributed by atoms with Crippen LogP contribution in [0.5, 0.6) is 0 Å². The highest BCUT2D eigenvalue weighted by atomic mass is 79.9. The first-order chi connectivity index (χ1) is 6.59. The van der Waals surface area contributed by atoms with Gasteiger partial charge in [-0.3, -0.25) is 0 Å². The maximum Gasteiger partial charge on any atom is 0.133 e. The first-order valence-corrected chi connectivity index (χ1v) is 4.88. The molecule has 0 heterocycles. The zero-order valence-electron chi connectivity index (χ0n) is 7.50. The third kappa shape index (κ3) is 3.34. The average molecular weight is 257 g/mol. The van der Waals surface area contributed by atoms with Crippen LogP contribution < -0.4 is 0 Å². The van der Waals surface area contributed by atoms with Gasteiger partial charge in [0, 0.05) is 0 Å². The van der Waals surface area contributed by atoms with Gasteiger partial charge in [0.25, 0.3) is 0 Å². The monoisotopic (exact) mass is 256 g/mol. The zero-order valence-corrected chi connectivity index (χ0v) is 9.09. The van der Waals surface area contributed by atoms with Crippen molar-refractivity contribution in [3.8, 4) is 0 Å². The highest BCUT2D eigenvalue weighted by molar-refractivity contribution is 9.11. The van der Waals surface area contributed by atoms with Gasteiger partial charge in [0.05, 0.1) is 4.48 Å². The van der Waals surface area contributed by atoms with Crippen molar-refractivity contribution in [2.75, 3.05) is 0 Å². The molecule has 1 nitrogen and oxygen atoms in total. The van der Waals surface area contributed by atoms with E-state index in [2.05, 4.69) is 22.5 Å². The van der Waals surface area contributed by atoms with Gasteiger partial charge in [-0.25, -0.2) is 4.39 Å². The molecule has 0 aliphatic heterocycles. The van der Waals surface area contributed by atoms with Crippen molar-refractivity contribution in [3.05, 3.63) is 58.6 Å². The van der Waals surface area contributed by atoms with Gasteiger partial charge < -0.3 is 5.11 Å². The fourth-order valence-electron chi connectivity index (χ4n) is 0.969. The lowest BCUT2D eigenvalue weighted by atomic mass is 10.2. The minimum atomic E-state index is -0.328. The fraction of sp³-hybridized carbons (Fsp3) is 0.0909. The van der Waals surface area contributed by atoms with E-state index in [9.17, 15) is 9.50 Å². The fourth-order valence-corrected chi connectivity index (χ4v) is 1.43. The van der Waals surface area contributed by atoms with Crippen LogP contribution in [0.1, 0.15) is 6.42 Å². The van der Waals surface area contributed by atoms with Crippen molar-refractivity contribution >= 4 is 15.9 Å². The molecular weight excluding hydrogens is 247 g/mol. The summed E-state index contributed by atoms with van der Waals surface area (Å²) in [5, 5.41) is 9.31. The van der Waals surface area contributed by atoms with Crippen molar-refractivity contribution in [2.24, 2.45) is 0 Å². The average Bonchev–Trinajstić information content (AvgIpc) is 2.10. The molecule has 0 aromatic heterocycles. The van der Waals surface area contributed by atoms with Gasteiger partial charge in [-0.15, -0.1) is 0 Å². The zero-order chi connectivity index (χ0) is 10.6. The van der Waals surface area contributed by atoms with Crippen LogP contribution in [0.3, 0.4) is 0 Å². The molecule has 0 aromatic rings. The van der Waals surface area contributed by atoms with Gasteiger partial charge in [0.2, 0.25) is 0 Å². The molecule has 14 heavy (non-hydrogen) atoms. The molecule has 0 spiro atoms. The van der Waals surface area contributed by atoms with E-state index in [1.54, 1.807) is 6.08 Å². The molecular formula is C11H10BrFO. The van der Waals surface area contributed by atoms with E-state index in [1.807, 2.05) is 0 Å². The molecule has 0 bridgehead atoms. The molecule has 1 aliphatic rings. The smallest absolute Gasteiger partial charge is 0.133 e. The van der Waals surface area contributed by atoms with Crippen molar-refractivity contribution < 1.29 is 9.50 Å². The van der Waals surface area contributed by atoms with Crippen molar-refractivity contribution in [2.45, 2.75) is 6.42 Å². The molecule has 0 saturated heterocycles. The summed E-state index contributed by atoms with van der Waals surface area (Å²) in [5.74, 6) is -0.215. The standard InChI is InChI=1S/C11H10BrFO/c1-8-6-9(14)4-2-3-5-11(13)10(12)7-8/h2,4-7,14H,1,3H2/b4-2-,9-6+,10-7+,11-5+. The number of aliphatic hydroxyl groups excluding tert-OH is 1. The summed E-state index contributed by atoms with van der Waals surface area (Å²) in [5.41, 5.74) is 0.532.